The topological polar surface area (TPSA) is 81.2 Å². The van der Waals surface area contributed by atoms with Crippen molar-refractivity contribution in [1.29, 1.82) is 0 Å². The summed E-state index contributed by atoms with van der Waals surface area (Å²) in [7, 11) is 0. The third kappa shape index (κ3) is 4.13. The van der Waals surface area contributed by atoms with E-state index >= 15 is 0 Å². The van der Waals surface area contributed by atoms with Crippen molar-refractivity contribution in [3.63, 3.8) is 0 Å². The molecule has 0 aliphatic carbocycles. The minimum absolute atomic E-state index is 0.0328. The number of nitrogens with zero attached hydrogens (tertiary/aromatic N) is 3. The van der Waals surface area contributed by atoms with Crippen LogP contribution in [0.3, 0.4) is 0 Å². The Morgan fingerprint density at radius 1 is 1.11 bits per heavy atom. The molecular formula is C21H29N3O4. The van der Waals surface area contributed by atoms with E-state index in [1.165, 1.54) is 16.2 Å². The van der Waals surface area contributed by atoms with E-state index in [0.29, 0.717) is 19.5 Å². The maximum absolute atomic E-state index is 12.9. The number of hydrogen-bond donors (Lipinski definition) is 1. The van der Waals surface area contributed by atoms with E-state index in [-0.39, 0.29) is 23.7 Å². The smallest absolute Gasteiger partial charge is 0.323 e. The SMILES string of the molecule is CC(C)(C)c1ccccc1N1CCN(C(=O)C2CCC(=O)N2CC(=O)O)CC1. The van der Waals surface area contributed by atoms with Gasteiger partial charge in [-0.1, -0.05) is 39.0 Å². The van der Waals surface area contributed by atoms with Gasteiger partial charge in [-0.3, -0.25) is 14.4 Å². The highest BCUT2D eigenvalue weighted by molar-refractivity contribution is 5.93. The summed E-state index contributed by atoms with van der Waals surface area (Å²) in [5.74, 6) is -1.47. The molecule has 1 N–H and O–H groups in total. The number of carboxylic acids is 1. The second-order valence-electron chi connectivity index (χ2n) is 8.55. The number of carbonyl (C=O) groups excluding carboxylic acids is 2. The molecule has 0 bridgehead atoms. The van der Waals surface area contributed by atoms with Crippen molar-refractivity contribution in [3.8, 4) is 0 Å². The molecule has 2 amide bonds. The maximum atomic E-state index is 12.9. The molecule has 0 radical (unpaired) electrons. The van der Waals surface area contributed by atoms with Crippen LogP contribution in [0.25, 0.3) is 0 Å². The minimum Gasteiger partial charge on any atom is -0.480 e. The summed E-state index contributed by atoms with van der Waals surface area (Å²) in [6.45, 7) is 8.76. The van der Waals surface area contributed by atoms with Gasteiger partial charge in [-0.05, 0) is 23.5 Å². The number of rotatable bonds is 4. The number of piperazine rings is 1. The summed E-state index contributed by atoms with van der Waals surface area (Å²) in [5.41, 5.74) is 2.51. The highest BCUT2D eigenvalue weighted by Gasteiger charge is 2.39. The molecule has 1 unspecified atom stereocenters. The fourth-order valence-electron chi connectivity index (χ4n) is 4.10. The number of carboxylic acid groups (broad SMARTS) is 1. The fourth-order valence-corrected chi connectivity index (χ4v) is 4.10. The van der Waals surface area contributed by atoms with Crippen LogP contribution in [0.4, 0.5) is 5.69 Å². The fraction of sp³-hybridized carbons (Fsp3) is 0.571. The third-order valence-corrected chi connectivity index (χ3v) is 5.56. The molecule has 2 aliphatic rings. The van der Waals surface area contributed by atoms with Crippen molar-refractivity contribution in [2.24, 2.45) is 0 Å². The molecule has 2 aliphatic heterocycles. The summed E-state index contributed by atoms with van der Waals surface area (Å²) in [5, 5.41) is 9.03. The number of hydrogen-bond acceptors (Lipinski definition) is 4. The van der Waals surface area contributed by atoms with Crippen molar-refractivity contribution >= 4 is 23.5 Å². The van der Waals surface area contributed by atoms with E-state index in [0.717, 1.165) is 13.1 Å². The first-order valence-corrected chi connectivity index (χ1v) is 9.83. The Labute approximate surface area is 165 Å². The molecule has 28 heavy (non-hydrogen) atoms. The maximum Gasteiger partial charge on any atom is 0.323 e. The number of anilines is 1. The average Bonchev–Trinajstić information content (AvgIpc) is 3.00. The molecule has 1 aromatic rings. The Bertz CT molecular complexity index is 763. The highest BCUT2D eigenvalue weighted by atomic mass is 16.4. The van der Waals surface area contributed by atoms with Crippen LogP contribution in [-0.4, -0.2) is 71.5 Å². The van der Waals surface area contributed by atoms with Gasteiger partial charge in [0.2, 0.25) is 11.8 Å². The van der Waals surface area contributed by atoms with Crippen LogP contribution in [0, 0.1) is 0 Å². The van der Waals surface area contributed by atoms with Gasteiger partial charge in [-0.15, -0.1) is 0 Å². The standard InChI is InChI=1S/C21H29N3O4/c1-21(2,3)15-6-4-5-7-16(15)22-10-12-23(13-11-22)20(28)17-8-9-18(25)24(17)14-19(26)27/h4-7,17H,8-14H2,1-3H3,(H,26,27). The molecule has 152 valence electrons. The van der Waals surface area contributed by atoms with Gasteiger partial charge in [0, 0.05) is 38.3 Å². The van der Waals surface area contributed by atoms with Crippen LogP contribution in [0.15, 0.2) is 24.3 Å². The predicted molar refractivity (Wildman–Crippen MR) is 106 cm³/mol. The first kappa shape index (κ1) is 20.2. The van der Waals surface area contributed by atoms with Gasteiger partial charge in [0.25, 0.3) is 0 Å². The van der Waals surface area contributed by atoms with E-state index in [2.05, 4.69) is 43.9 Å². The zero-order valence-electron chi connectivity index (χ0n) is 16.9. The Kier molecular flexibility index (Phi) is 5.63. The van der Waals surface area contributed by atoms with Gasteiger partial charge in [0.05, 0.1) is 0 Å². The summed E-state index contributed by atoms with van der Waals surface area (Å²) in [6.07, 6.45) is 0.640. The van der Waals surface area contributed by atoms with Crippen LogP contribution in [0.2, 0.25) is 0 Å². The Morgan fingerprint density at radius 2 is 1.75 bits per heavy atom. The molecule has 0 saturated carbocycles. The first-order chi connectivity index (χ1) is 13.2. The molecule has 1 aromatic carbocycles. The number of amides is 2. The van der Waals surface area contributed by atoms with Crippen molar-refractivity contribution in [3.05, 3.63) is 29.8 Å². The molecule has 1 atom stereocenters. The van der Waals surface area contributed by atoms with Gasteiger partial charge >= 0.3 is 5.97 Å². The number of benzene rings is 1. The van der Waals surface area contributed by atoms with Crippen molar-refractivity contribution in [2.75, 3.05) is 37.6 Å². The van der Waals surface area contributed by atoms with Crippen LogP contribution in [0.5, 0.6) is 0 Å². The number of aliphatic carboxylic acids is 1. The lowest BCUT2D eigenvalue weighted by Crippen LogP contribution is -2.54. The third-order valence-electron chi connectivity index (χ3n) is 5.56. The average molecular weight is 387 g/mol. The lowest BCUT2D eigenvalue weighted by atomic mass is 9.85. The number of likely N-dealkylation sites (tertiary alicyclic amines) is 1. The van der Waals surface area contributed by atoms with Gasteiger partial charge < -0.3 is 19.8 Å². The van der Waals surface area contributed by atoms with E-state index in [9.17, 15) is 14.4 Å². The van der Waals surface area contributed by atoms with Crippen LogP contribution >= 0.6 is 0 Å². The molecule has 3 rings (SSSR count). The van der Waals surface area contributed by atoms with Gasteiger partial charge in [-0.2, -0.15) is 0 Å². The summed E-state index contributed by atoms with van der Waals surface area (Å²) in [6, 6.07) is 7.73. The van der Waals surface area contributed by atoms with Crippen molar-refractivity contribution in [2.45, 2.75) is 45.1 Å². The molecule has 2 saturated heterocycles. The normalized spacial score (nSPS) is 20.6. The molecule has 2 fully saturated rings. The van der Waals surface area contributed by atoms with Crippen LogP contribution < -0.4 is 4.90 Å². The highest BCUT2D eigenvalue weighted by Crippen LogP contribution is 2.32. The van der Waals surface area contributed by atoms with Crippen molar-refractivity contribution < 1.29 is 19.5 Å². The quantitative estimate of drug-likeness (QED) is 0.851. The zero-order valence-corrected chi connectivity index (χ0v) is 16.9. The van der Waals surface area contributed by atoms with E-state index in [1.807, 2.05) is 6.07 Å². The van der Waals surface area contributed by atoms with E-state index < -0.39 is 18.6 Å². The minimum atomic E-state index is -1.09. The van der Waals surface area contributed by atoms with Gasteiger partial charge in [0.15, 0.2) is 0 Å². The summed E-state index contributed by atoms with van der Waals surface area (Å²) < 4.78 is 0. The number of carbonyl (C=O) groups is 3. The van der Waals surface area contributed by atoms with Crippen LogP contribution in [-0.2, 0) is 19.8 Å². The molecule has 7 heteroatoms. The first-order valence-electron chi connectivity index (χ1n) is 9.83. The summed E-state index contributed by atoms with van der Waals surface area (Å²) >= 11 is 0. The van der Waals surface area contributed by atoms with E-state index in [4.69, 9.17) is 5.11 Å². The van der Waals surface area contributed by atoms with E-state index in [1.54, 1.807) is 4.90 Å². The predicted octanol–water partition coefficient (Wildman–Crippen LogP) is 1.71. The zero-order chi connectivity index (χ0) is 20.5. The monoisotopic (exact) mass is 387 g/mol. The number of para-hydroxylation sites is 1. The molecule has 0 aromatic heterocycles. The molecule has 7 nitrogen and oxygen atoms in total. The summed E-state index contributed by atoms with van der Waals surface area (Å²) in [4.78, 5) is 41.2. The Hall–Kier alpha value is -2.57. The lowest BCUT2D eigenvalue weighted by molar-refractivity contribution is -0.147. The second kappa shape index (κ2) is 7.81. The largest absolute Gasteiger partial charge is 0.480 e. The molecule has 2 heterocycles. The van der Waals surface area contributed by atoms with Crippen LogP contribution in [0.1, 0.15) is 39.2 Å². The molecule has 0 spiro atoms. The van der Waals surface area contributed by atoms with Gasteiger partial charge in [0.1, 0.15) is 12.6 Å². The lowest BCUT2D eigenvalue weighted by Gasteiger charge is -2.40. The van der Waals surface area contributed by atoms with Gasteiger partial charge in [-0.25, -0.2) is 0 Å². The molecular weight excluding hydrogens is 358 g/mol. The Morgan fingerprint density at radius 3 is 2.36 bits per heavy atom. The Balaban J connectivity index is 1.67. The van der Waals surface area contributed by atoms with Crippen molar-refractivity contribution in [1.82, 2.24) is 9.80 Å². The second-order valence-corrected chi connectivity index (χ2v) is 8.55.